The summed E-state index contributed by atoms with van der Waals surface area (Å²) in [5, 5.41) is 17.7. The fourth-order valence-electron chi connectivity index (χ4n) is 0.769. The number of quaternary nitrogens is 1. The van der Waals surface area contributed by atoms with E-state index in [-0.39, 0.29) is 12.4 Å². The smallest absolute Gasteiger partial charge is 0.177 e. The molecule has 5 N–H and O–H groups in total. The van der Waals surface area contributed by atoms with E-state index < -0.39 is 0 Å². The second-order valence-corrected chi connectivity index (χ2v) is 2.07. The van der Waals surface area contributed by atoms with Crippen LogP contribution in [0.15, 0.2) is 18.2 Å². The lowest BCUT2D eigenvalue weighted by Crippen LogP contribution is -2.41. The first-order valence-corrected chi connectivity index (χ1v) is 2.99. The van der Waals surface area contributed by atoms with Gasteiger partial charge >= 0.3 is 0 Å². The van der Waals surface area contributed by atoms with Crippen LogP contribution in [0.25, 0.3) is 0 Å². The Kier molecular flexibility index (Phi) is 1.89. The average molecular weight is 140 g/mol. The van der Waals surface area contributed by atoms with Gasteiger partial charge in [-0.3, -0.25) is 0 Å². The van der Waals surface area contributed by atoms with Crippen molar-refractivity contribution < 1.29 is 15.9 Å². The SMILES string of the molecule is [NH3+]c1c(O)cccc1CO. The Morgan fingerprint density at radius 1 is 1.40 bits per heavy atom. The third-order valence-corrected chi connectivity index (χ3v) is 1.42. The number of benzene rings is 1. The average Bonchev–Trinajstić information content (AvgIpc) is 1.95. The Morgan fingerprint density at radius 3 is 2.60 bits per heavy atom. The Bertz CT molecular complexity index is 235. The molecule has 0 spiro atoms. The molecule has 1 aromatic carbocycles. The van der Waals surface area contributed by atoms with E-state index in [4.69, 9.17) is 10.2 Å². The van der Waals surface area contributed by atoms with Gasteiger partial charge in [0, 0.05) is 5.56 Å². The third kappa shape index (κ3) is 1.10. The summed E-state index contributed by atoms with van der Waals surface area (Å²) in [5.41, 5.74) is 4.75. The highest BCUT2D eigenvalue weighted by Crippen LogP contribution is 2.20. The van der Waals surface area contributed by atoms with E-state index >= 15 is 0 Å². The lowest BCUT2D eigenvalue weighted by Gasteiger charge is -1.98. The molecule has 0 aliphatic rings. The molecule has 3 heteroatoms. The van der Waals surface area contributed by atoms with Gasteiger partial charge < -0.3 is 15.9 Å². The number of hydrogen-bond acceptors (Lipinski definition) is 2. The fraction of sp³-hybridized carbons (Fsp3) is 0.143. The molecule has 0 fully saturated rings. The fourth-order valence-corrected chi connectivity index (χ4v) is 0.769. The number of aliphatic hydroxyl groups excluding tert-OH is 1. The third-order valence-electron chi connectivity index (χ3n) is 1.42. The highest BCUT2D eigenvalue weighted by atomic mass is 16.3. The van der Waals surface area contributed by atoms with Crippen LogP contribution in [-0.2, 0) is 6.61 Å². The van der Waals surface area contributed by atoms with Gasteiger partial charge in [0.25, 0.3) is 0 Å². The van der Waals surface area contributed by atoms with Crippen LogP contribution in [0.4, 0.5) is 5.69 Å². The Morgan fingerprint density at radius 2 is 2.10 bits per heavy atom. The van der Waals surface area contributed by atoms with Crippen LogP contribution < -0.4 is 5.73 Å². The standard InChI is InChI=1S/C7H9NO2/c8-7-5(4-9)2-1-3-6(7)10/h1-3,9-10H,4,8H2/p+1. The molecule has 54 valence electrons. The largest absolute Gasteiger partial charge is 0.503 e. The molecule has 1 rings (SSSR count). The number of hydrogen-bond donors (Lipinski definition) is 3. The maximum absolute atomic E-state index is 9.06. The normalized spacial score (nSPS) is 9.80. The maximum atomic E-state index is 9.06. The molecule has 0 aromatic heterocycles. The van der Waals surface area contributed by atoms with Crippen molar-refractivity contribution in [3.05, 3.63) is 23.8 Å². The Hall–Kier alpha value is -1.06. The first kappa shape index (κ1) is 7.05. The molecule has 0 unspecified atom stereocenters. The molecule has 0 saturated heterocycles. The van der Waals surface area contributed by atoms with Gasteiger partial charge in [-0.1, -0.05) is 12.1 Å². The van der Waals surface area contributed by atoms with E-state index in [1.54, 1.807) is 18.2 Å². The van der Waals surface area contributed by atoms with Crippen LogP contribution in [0.5, 0.6) is 5.75 Å². The summed E-state index contributed by atoms with van der Waals surface area (Å²) in [6.45, 7) is -0.0762. The molecule has 0 saturated carbocycles. The van der Waals surface area contributed by atoms with Crippen LogP contribution in [0, 0.1) is 0 Å². The van der Waals surface area contributed by atoms with Crippen molar-refractivity contribution >= 4 is 5.69 Å². The van der Waals surface area contributed by atoms with E-state index in [2.05, 4.69) is 5.73 Å². The summed E-state index contributed by atoms with van der Waals surface area (Å²) in [6, 6.07) is 4.94. The lowest BCUT2D eigenvalue weighted by atomic mass is 10.2. The molecular formula is C7H10NO2+. The molecule has 3 nitrogen and oxygen atoms in total. The van der Waals surface area contributed by atoms with Crippen molar-refractivity contribution in [3.8, 4) is 5.75 Å². The van der Waals surface area contributed by atoms with E-state index in [9.17, 15) is 0 Å². The van der Waals surface area contributed by atoms with Gasteiger partial charge in [0.15, 0.2) is 11.4 Å². The van der Waals surface area contributed by atoms with Gasteiger partial charge in [-0.2, -0.15) is 0 Å². The minimum Gasteiger partial charge on any atom is -0.503 e. The van der Waals surface area contributed by atoms with Crippen LogP contribution in [0.2, 0.25) is 0 Å². The highest BCUT2D eigenvalue weighted by molar-refractivity contribution is 5.49. The lowest BCUT2D eigenvalue weighted by molar-refractivity contribution is -0.258. The molecule has 0 amide bonds. The van der Waals surface area contributed by atoms with Crippen molar-refractivity contribution in [2.24, 2.45) is 0 Å². The van der Waals surface area contributed by atoms with E-state index in [0.717, 1.165) is 0 Å². The van der Waals surface area contributed by atoms with Crippen molar-refractivity contribution in [2.45, 2.75) is 6.61 Å². The number of aliphatic hydroxyl groups is 1. The minimum absolute atomic E-state index is 0.0762. The number of aromatic hydroxyl groups is 1. The number of rotatable bonds is 1. The van der Waals surface area contributed by atoms with Crippen LogP contribution in [0.1, 0.15) is 5.56 Å². The molecule has 0 heterocycles. The van der Waals surface area contributed by atoms with Gasteiger partial charge in [0.05, 0.1) is 6.61 Å². The number of phenols is 1. The Balaban J connectivity index is 3.14. The van der Waals surface area contributed by atoms with Crippen LogP contribution in [-0.4, -0.2) is 10.2 Å². The summed E-state index contributed by atoms with van der Waals surface area (Å²) in [7, 11) is 0. The molecule has 0 atom stereocenters. The number of phenolic OH excluding ortho intramolecular Hbond substituents is 1. The summed E-state index contributed by atoms with van der Waals surface area (Å²) in [6.07, 6.45) is 0. The van der Waals surface area contributed by atoms with Crippen molar-refractivity contribution in [1.82, 2.24) is 0 Å². The van der Waals surface area contributed by atoms with E-state index in [1.165, 1.54) is 0 Å². The second-order valence-electron chi connectivity index (χ2n) is 2.07. The monoisotopic (exact) mass is 140 g/mol. The zero-order valence-corrected chi connectivity index (χ0v) is 5.54. The first-order valence-electron chi connectivity index (χ1n) is 2.99. The highest BCUT2D eigenvalue weighted by Gasteiger charge is 2.04. The molecule has 0 radical (unpaired) electrons. The van der Waals surface area contributed by atoms with Gasteiger partial charge in [0.2, 0.25) is 0 Å². The summed E-state index contributed by atoms with van der Waals surface area (Å²) < 4.78 is 0. The van der Waals surface area contributed by atoms with E-state index in [1.807, 2.05) is 0 Å². The predicted molar refractivity (Wildman–Crippen MR) is 36.6 cm³/mol. The van der Waals surface area contributed by atoms with E-state index in [0.29, 0.717) is 11.3 Å². The van der Waals surface area contributed by atoms with Crippen molar-refractivity contribution in [3.63, 3.8) is 0 Å². The summed E-state index contributed by atoms with van der Waals surface area (Å²) in [5.74, 6) is 0.131. The predicted octanol–water partition coefficient (Wildman–Crippen LogP) is -0.242. The quantitative estimate of drug-likeness (QED) is 0.504. The molecule has 0 aliphatic carbocycles. The van der Waals surface area contributed by atoms with Crippen molar-refractivity contribution in [2.75, 3.05) is 0 Å². The molecule has 10 heavy (non-hydrogen) atoms. The minimum atomic E-state index is -0.0762. The first-order chi connectivity index (χ1) is 4.75. The molecule has 1 aromatic rings. The topological polar surface area (TPSA) is 68.1 Å². The van der Waals surface area contributed by atoms with Gasteiger partial charge in [0.1, 0.15) is 0 Å². The summed E-state index contributed by atoms with van der Waals surface area (Å²) >= 11 is 0. The van der Waals surface area contributed by atoms with Gasteiger partial charge in [-0.25, -0.2) is 0 Å². The van der Waals surface area contributed by atoms with Gasteiger partial charge in [-0.05, 0) is 6.07 Å². The molecule has 0 aliphatic heterocycles. The second kappa shape index (κ2) is 2.68. The summed E-state index contributed by atoms with van der Waals surface area (Å²) in [4.78, 5) is 0. The zero-order valence-electron chi connectivity index (χ0n) is 5.54. The maximum Gasteiger partial charge on any atom is 0.177 e. The van der Waals surface area contributed by atoms with Crippen LogP contribution in [0.3, 0.4) is 0 Å². The molecular weight excluding hydrogens is 130 g/mol. The zero-order chi connectivity index (χ0) is 7.56. The Labute approximate surface area is 58.7 Å². The van der Waals surface area contributed by atoms with Crippen molar-refractivity contribution in [1.29, 1.82) is 0 Å². The molecule has 0 bridgehead atoms. The van der Waals surface area contributed by atoms with Crippen LogP contribution >= 0.6 is 0 Å². The van der Waals surface area contributed by atoms with Gasteiger partial charge in [-0.15, -0.1) is 0 Å².